The lowest BCUT2D eigenvalue weighted by atomic mass is 10.2. The number of carbonyl (C=O) groups is 1. The molecule has 0 radical (unpaired) electrons. The predicted octanol–water partition coefficient (Wildman–Crippen LogP) is 2.78. The van der Waals surface area contributed by atoms with E-state index >= 15 is 0 Å². The summed E-state index contributed by atoms with van der Waals surface area (Å²) in [6.45, 7) is 5.70. The summed E-state index contributed by atoms with van der Waals surface area (Å²) in [5.41, 5.74) is 1.66. The van der Waals surface area contributed by atoms with E-state index in [0.29, 0.717) is 17.3 Å². The topological polar surface area (TPSA) is 55.1 Å². The minimum atomic E-state index is -0.0294. The Morgan fingerprint density at radius 1 is 1.56 bits per heavy atom. The van der Waals surface area contributed by atoms with Gasteiger partial charge >= 0.3 is 0 Å². The fourth-order valence-corrected chi connectivity index (χ4v) is 2.26. The summed E-state index contributed by atoms with van der Waals surface area (Å²) in [5, 5.41) is 6.79. The SMILES string of the molecule is Cc1oc(-c2ccsc2)nc1CC(=O)NC(C)C. The Bertz CT molecular complexity index is 529. The second-order valence-corrected chi connectivity index (χ2v) is 5.21. The van der Waals surface area contributed by atoms with E-state index in [2.05, 4.69) is 10.3 Å². The van der Waals surface area contributed by atoms with Gasteiger partial charge in [0, 0.05) is 17.0 Å². The zero-order valence-electron chi connectivity index (χ0n) is 10.7. The zero-order chi connectivity index (χ0) is 13.1. The van der Waals surface area contributed by atoms with E-state index in [-0.39, 0.29) is 18.4 Å². The first-order valence-electron chi connectivity index (χ1n) is 5.84. The summed E-state index contributed by atoms with van der Waals surface area (Å²) >= 11 is 1.59. The first kappa shape index (κ1) is 12.8. The second-order valence-electron chi connectivity index (χ2n) is 4.43. The molecule has 1 amide bonds. The summed E-state index contributed by atoms with van der Waals surface area (Å²) in [7, 11) is 0. The molecule has 0 aliphatic carbocycles. The third-order valence-corrected chi connectivity index (χ3v) is 3.12. The molecule has 2 aromatic heterocycles. The van der Waals surface area contributed by atoms with Crippen LogP contribution in [0, 0.1) is 6.92 Å². The van der Waals surface area contributed by atoms with Gasteiger partial charge in [-0.15, -0.1) is 0 Å². The molecule has 0 aliphatic heterocycles. The lowest BCUT2D eigenvalue weighted by Gasteiger charge is -2.06. The monoisotopic (exact) mass is 264 g/mol. The van der Waals surface area contributed by atoms with Crippen molar-refractivity contribution in [3.05, 3.63) is 28.3 Å². The highest BCUT2D eigenvalue weighted by atomic mass is 32.1. The third-order valence-electron chi connectivity index (χ3n) is 2.44. The number of aryl methyl sites for hydroxylation is 1. The molecule has 0 aromatic carbocycles. The fourth-order valence-electron chi connectivity index (χ4n) is 1.63. The van der Waals surface area contributed by atoms with Crippen molar-refractivity contribution in [3.63, 3.8) is 0 Å². The number of rotatable bonds is 4. The van der Waals surface area contributed by atoms with E-state index in [9.17, 15) is 4.79 Å². The van der Waals surface area contributed by atoms with E-state index in [4.69, 9.17) is 4.42 Å². The molecule has 0 saturated heterocycles. The molecule has 0 atom stereocenters. The number of hydrogen-bond acceptors (Lipinski definition) is 4. The van der Waals surface area contributed by atoms with Crippen molar-refractivity contribution >= 4 is 17.2 Å². The molecule has 0 aliphatic rings. The molecule has 18 heavy (non-hydrogen) atoms. The molecule has 2 aromatic rings. The standard InChI is InChI=1S/C13H16N2O2S/c1-8(2)14-12(16)6-11-9(3)17-13(15-11)10-4-5-18-7-10/h4-5,7-8H,6H2,1-3H3,(H,14,16). The van der Waals surface area contributed by atoms with Crippen molar-refractivity contribution in [1.29, 1.82) is 0 Å². The Balaban J connectivity index is 2.13. The molecule has 0 bridgehead atoms. The van der Waals surface area contributed by atoms with Gasteiger partial charge in [0.2, 0.25) is 11.8 Å². The molecule has 2 heterocycles. The highest BCUT2D eigenvalue weighted by Crippen LogP contribution is 2.23. The fraction of sp³-hybridized carbons (Fsp3) is 0.385. The van der Waals surface area contributed by atoms with Gasteiger partial charge in [0.25, 0.3) is 0 Å². The van der Waals surface area contributed by atoms with Gasteiger partial charge in [-0.2, -0.15) is 11.3 Å². The summed E-state index contributed by atoms with van der Waals surface area (Å²) in [6.07, 6.45) is 0.262. The quantitative estimate of drug-likeness (QED) is 0.923. The van der Waals surface area contributed by atoms with Crippen LogP contribution < -0.4 is 5.32 Å². The number of aromatic nitrogens is 1. The molecular weight excluding hydrogens is 248 g/mol. The van der Waals surface area contributed by atoms with Crippen LogP contribution in [0.5, 0.6) is 0 Å². The molecule has 4 nitrogen and oxygen atoms in total. The molecule has 0 saturated carbocycles. The van der Waals surface area contributed by atoms with Gasteiger partial charge < -0.3 is 9.73 Å². The highest BCUT2D eigenvalue weighted by Gasteiger charge is 2.15. The summed E-state index contributed by atoms with van der Waals surface area (Å²) in [6, 6.07) is 2.09. The maximum Gasteiger partial charge on any atom is 0.227 e. The minimum absolute atomic E-state index is 0.0294. The van der Waals surface area contributed by atoms with E-state index in [1.807, 2.05) is 37.6 Å². The molecule has 0 unspecified atom stereocenters. The Morgan fingerprint density at radius 2 is 2.33 bits per heavy atom. The Kier molecular flexibility index (Phi) is 3.81. The number of carbonyl (C=O) groups excluding carboxylic acids is 1. The van der Waals surface area contributed by atoms with Crippen LogP contribution in [0.2, 0.25) is 0 Å². The zero-order valence-corrected chi connectivity index (χ0v) is 11.5. The minimum Gasteiger partial charge on any atom is -0.441 e. The van der Waals surface area contributed by atoms with Gasteiger partial charge in [-0.25, -0.2) is 4.98 Å². The molecule has 96 valence electrons. The lowest BCUT2D eigenvalue weighted by molar-refractivity contribution is -0.120. The third kappa shape index (κ3) is 2.98. The molecule has 0 fully saturated rings. The van der Waals surface area contributed by atoms with Crippen LogP contribution in [0.4, 0.5) is 0 Å². The largest absolute Gasteiger partial charge is 0.441 e. The van der Waals surface area contributed by atoms with E-state index in [1.54, 1.807) is 11.3 Å². The van der Waals surface area contributed by atoms with Gasteiger partial charge in [0.1, 0.15) is 5.76 Å². The number of hydrogen-bond donors (Lipinski definition) is 1. The number of amides is 1. The van der Waals surface area contributed by atoms with E-state index in [1.165, 1.54) is 0 Å². The molecule has 0 spiro atoms. The van der Waals surface area contributed by atoms with Crippen LogP contribution in [0.1, 0.15) is 25.3 Å². The normalized spacial score (nSPS) is 10.9. The average Bonchev–Trinajstić information content (AvgIpc) is 2.87. The Morgan fingerprint density at radius 3 is 2.94 bits per heavy atom. The van der Waals surface area contributed by atoms with Gasteiger partial charge in [-0.05, 0) is 32.2 Å². The van der Waals surface area contributed by atoms with Gasteiger partial charge in [0.05, 0.1) is 12.1 Å². The van der Waals surface area contributed by atoms with Crippen molar-refractivity contribution in [2.75, 3.05) is 0 Å². The molecule has 2 rings (SSSR count). The van der Waals surface area contributed by atoms with Gasteiger partial charge in [-0.1, -0.05) is 0 Å². The van der Waals surface area contributed by atoms with Crippen LogP contribution >= 0.6 is 11.3 Å². The van der Waals surface area contributed by atoms with Crippen molar-refractivity contribution < 1.29 is 9.21 Å². The van der Waals surface area contributed by atoms with Gasteiger partial charge in [0.15, 0.2) is 0 Å². The van der Waals surface area contributed by atoms with E-state index in [0.717, 1.165) is 5.56 Å². The first-order chi connectivity index (χ1) is 8.56. The van der Waals surface area contributed by atoms with Crippen molar-refractivity contribution in [2.45, 2.75) is 33.2 Å². The first-order valence-corrected chi connectivity index (χ1v) is 6.78. The van der Waals surface area contributed by atoms with Crippen LogP contribution in [-0.2, 0) is 11.2 Å². The smallest absolute Gasteiger partial charge is 0.227 e. The van der Waals surface area contributed by atoms with Crippen molar-refractivity contribution in [3.8, 4) is 11.5 Å². The molecular formula is C13H16N2O2S. The number of oxazole rings is 1. The number of thiophene rings is 1. The maximum absolute atomic E-state index is 11.7. The molecule has 1 N–H and O–H groups in total. The van der Waals surface area contributed by atoms with E-state index < -0.39 is 0 Å². The maximum atomic E-state index is 11.7. The molecule has 5 heteroatoms. The second kappa shape index (κ2) is 5.35. The van der Waals surface area contributed by atoms with Crippen LogP contribution in [0.15, 0.2) is 21.2 Å². The average molecular weight is 264 g/mol. The summed E-state index contributed by atoms with van der Waals surface area (Å²) in [4.78, 5) is 16.1. The Labute approximate surface area is 110 Å². The lowest BCUT2D eigenvalue weighted by Crippen LogP contribution is -2.31. The van der Waals surface area contributed by atoms with Crippen LogP contribution in [-0.4, -0.2) is 16.9 Å². The highest BCUT2D eigenvalue weighted by molar-refractivity contribution is 7.08. The number of nitrogens with one attached hydrogen (secondary N) is 1. The summed E-state index contributed by atoms with van der Waals surface area (Å²) in [5.74, 6) is 1.26. The van der Waals surface area contributed by atoms with Crippen molar-refractivity contribution in [2.24, 2.45) is 0 Å². The Hall–Kier alpha value is -1.62. The van der Waals surface area contributed by atoms with Gasteiger partial charge in [-0.3, -0.25) is 4.79 Å². The predicted molar refractivity (Wildman–Crippen MR) is 71.5 cm³/mol. The van der Waals surface area contributed by atoms with Crippen molar-refractivity contribution in [1.82, 2.24) is 10.3 Å². The number of nitrogens with zero attached hydrogens (tertiary/aromatic N) is 1. The summed E-state index contributed by atoms with van der Waals surface area (Å²) < 4.78 is 5.58. The van der Waals surface area contributed by atoms with Crippen LogP contribution in [0.3, 0.4) is 0 Å². The van der Waals surface area contributed by atoms with Crippen LogP contribution in [0.25, 0.3) is 11.5 Å².